The van der Waals surface area contributed by atoms with E-state index >= 15 is 0 Å². The molecular formula is C28H28ClN3O2S. The molecule has 0 bridgehead atoms. The second-order valence-corrected chi connectivity index (χ2v) is 11.6. The minimum atomic E-state index is -3.37. The largest absolute Gasteiger partial charge is 0.301 e. The molecule has 5 nitrogen and oxygen atoms in total. The zero-order valence-electron chi connectivity index (χ0n) is 19.7. The lowest BCUT2D eigenvalue weighted by molar-refractivity contribution is 0.306. The van der Waals surface area contributed by atoms with Gasteiger partial charge in [-0.2, -0.15) is 0 Å². The van der Waals surface area contributed by atoms with Gasteiger partial charge < -0.3 is 4.90 Å². The van der Waals surface area contributed by atoms with Gasteiger partial charge in [-0.05, 0) is 92.2 Å². The number of fused-ring (bicyclic) bond motifs is 1. The molecule has 1 saturated heterocycles. The third kappa shape index (κ3) is 5.54. The molecule has 35 heavy (non-hydrogen) atoms. The molecule has 0 amide bonds. The predicted octanol–water partition coefficient (Wildman–Crippen LogP) is 4.98. The molecule has 0 aliphatic carbocycles. The number of hydrogen-bond donors (Lipinski definition) is 0. The number of anilines is 1. The van der Waals surface area contributed by atoms with Crippen molar-refractivity contribution in [3.8, 4) is 23.0 Å². The van der Waals surface area contributed by atoms with Crippen molar-refractivity contribution in [1.82, 2.24) is 9.88 Å². The molecule has 7 heteroatoms. The van der Waals surface area contributed by atoms with E-state index in [0.717, 1.165) is 60.4 Å². The Morgan fingerprint density at radius 3 is 2.43 bits per heavy atom. The molecule has 2 aliphatic heterocycles. The Morgan fingerprint density at radius 2 is 1.74 bits per heavy atom. The van der Waals surface area contributed by atoms with E-state index in [1.165, 1.54) is 19.1 Å². The lowest BCUT2D eigenvalue weighted by atomic mass is 9.96. The number of likely N-dealkylation sites (tertiary alicyclic amines) is 1. The minimum Gasteiger partial charge on any atom is -0.301 e. The molecule has 3 aromatic rings. The number of aryl methyl sites for hydroxylation is 1. The molecule has 2 aromatic carbocycles. The third-order valence-electron chi connectivity index (χ3n) is 6.70. The Balaban J connectivity index is 1.35. The smallest absolute Gasteiger partial charge is 0.232 e. The van der Waals surface area contributed by atoms with Crippen LogP contribution >= 0.6 is 11.6 Å². The van der Waals surface area contributed by atoms with Gasteiger partial charge in [-0.25, -0.2) is 13.4 Å². The third-order valence-corrected chi connectivity index (χ3v) is 8.16. The number of pyridine rings is 1. The van der Waals surface area contributed by atoms with Crippen molar-refractivity contribution in [3.63, 3.8) is 0 Å². The van der Waals surface area contributed by atoms with Crippen LogP contribution in [0.1, 0.15) is 36.1 Å². The maximum Gasteiger partial charge on any atom is 0.232 e. The number of sulfonamides is 1. The lowest BCUT2D eigenvalue weighted by Crippen LogP contribution is -2.48. The van der Waals surface area contributed by atoms with Crippen molar-refractivity contribution >= 4 is 27.3 Å². The Morgan fingerprint density at radius 1 is 1.00 bits per heavy atom. The average molecular weight is 506 g/mol. The van der Waals surface area contributed by atoms with Crippen molar-refractivity contribution in [2.75, 3.05) is 30.2 Å². The molecule has 5 rings (SSSR count). The summed E-state index contributed by atoms with van der Waals surface area (Å²) in [6.07, 6.45) is 7.19. The van der Waals surface area contributed by atoms with E-state index in [9.17, 15) is 8.42 Å². The summed E-state index contributed by atoms with van der Waals surface area (Å²) in [6, 6.07) is 17.4. The van der Waals surface area contributed by atoms with E-state index in [1.54, 1.807) is 4.31 Å². The molecule has 1 unspecified atom stereocenters. The van der Waals surface area contributed by atoms with Gasteiger partial charge in [0.05, 0.1) is 18.0 Å². The monoisotopic (exact) mass is 505 g/mol. The highest BCUT2D eigenvalue weighted by atomic mass is 35.5. The lowest BCUT2D eigenvalue weighted by Gasteiger charge is -2.38. The first-order valence-corrected chi connectivity index (χ1v) is 14.2. The summed E-state index contributed by atoms with van der Waals surface area (Å²) < 4.78 is 27.1. The highest BCUT2D eigenvalue weighted by molar-refractivity contribution is 7.92. The van der Waals surface area contributed by atoms with Gasteiger partial charge in [-0.1, -0.05) is 35.7 Å². The van der Waals surface area contributed by atoms with Crippen LogP contribution in [0.5, 0.6) is 0 Å². The van der Waals surface area contributed by atoms with Crippen molar-refractivity contribution in [2.45, 2.75) is 31.7 Å². The van der Waals surface area contributed by atoms with Gasteiger partial charge in [0.1, 0.15) is 5.69 Å². The second-order valence-electron chi connectivity index (χ2n) is 9.29. The Kier molecular flexibility index (Phi) is 6.84. The Bertz CT molecular complexity index is 1370. The van der Waals surface area contributed by atoms with E-state index in [4.69, 9.17) is 11.6 Å². The van der Waals surface area contributed by atoms with E-state index in [2.05, 4.69) is 21.7 Å². The molecule has 2 aliphatic rings. The van der Waals surface area contributed by atoms with Gasteiger partial charge in [0.25, 0.3) is 0 Å². The fourth-order valence-corrected chi connectivity index (χ4v) is 6.38. The van der Waals surface area contributed by atoms with Crippen molar-refractivity contribution < 1.29 is 8.42 Å². The van der Waals surface area contributed by atoms with Crippen molar-refractivity contribution in [3.05, 3.63) is 82.6 Å². The zero-order valence-corrected chi connectivity index (χ0v) is 21.3. The topological polar surface area (TPSA) is 53.5 Å². The normalized spacial score (nSPS) is 18.1. The van der Waals surface area contributed by atoms with Gasteiger partial charge in [0, 0.05) is 28.9 Å². The molecule has 1 aromatic heterocycles. The van der Waals surface area contributed by atoms with Crippen LogP contribution in [0, 0.1) is 11.8 Å². The number of nitrogens with zero attached hydrogens (tertiary/aromatic N) is 3. The quantitative estimate of drug-likeness (QED) is 0.469. The molecule has 0 N–H and O–H groups in total. The number of rotatable bonds is 4. The maximum absolute atomic E-state index is 12.7. The highest BCUT2D eigenvalue weighted by Gasteiger charge is 2.34. The fourth-order valence-electron chi connectivity index (χ4n) is 5.01. The molecule has 0 spiro atoms. The molecule has 1 fully saturated rings. The number of benzene rings is 2. The first-order valence-electron chi connectivity index (χ1n) is 12.0. The van der Waals surface area contributed by atoms with Crippen molar-refractivity contribution in [2.24, 2.45) is 0 Å². The molecule has 0 saturated carbocycles. The van der Waals surface area contributed by atoms with Crippen LogP contribution in [-0.4, -0.2) is 50.2 Å². The van der Waals surface area contributed by atoms with Gasteiger partial charge in [0.15, 0.2) is 0 Å². The van der Waals surface area contributed by atoms with E-state index in [1.807, 2.05) is 60.8 Å². The van der Waals surface area contributed by atoms with Gasteiger partial charge >= 0.3 is 0 Å². The molecule has 0 radical (unpaired) electrons. The van der Waals surface area contributed by atoms with Crippen LogP contribution in [0.25, 0.3) is 11.1 Å². The summed E-state index contributed by atoms with van der Waals surface area (Å²) in [5.74, 6) is 6.33. The minimum absolute atomic E-state index is 0.0177. The SMILES string of the molecule is CS(=O)(=O)N1c2ccc(C#Cc3ccc(-c4ccc(Cl)cc4)cn3)cc2CCC1CN1CCCC1. The number of halogens is 1. The van der Waals surface area contributed by atoms with Gasteiger partial charge in [-0.3, -0.25) is 4.31 Å². The summed E-state index contributed by atoms with van der Waals surface area (Å²) in [7, 11) is -3.37. The summed E-state index contributed by atoms with van der Waals surface area (Å²) >= 11 is 5.97. The standard InChI is InChI=1S/C28H28ClN3O2S/c1-35(33,34)32-27(20-31-16-2-3-17-31)14-9-23-18-21(5-15-28(23)32)4-12-26-13-8-24(19-30-26)22-6-10-25(29)11-7-22/h5-8,10-11,13,15,18-19,27H,2-3,9,14,16-17,20H2,1H3. The van der Waals surface area contributed by atoms with E-state index in [-0.39, 0.29) is 6.04 Å². The summed E-state index contributed by atoms with van der Waals surface area (Å²) in [6.45, 7) is 2.92. The molecular weight excluding hydrogens is 478 g/mol. The van der Waals surface area contributed by atoms with Crippen LogP contribution in [0.15, 0.2) is 60.8 Å². The summed E-state index contributed by atoms with van der Waals surface area (Å²) in [4.78, 5) is 6.87. The number of hydrogen-bond acceptors (Lipinski definition) is 4. The van der Waals surface area contributed by atoms with Gasteiger partial charge in [0.2, 0.25) is 10.0 Å². The second kappa shape index (κ2) is 10.0. The maximum atomic E-state index is 12.7. The van der Waals surface area contributed by atoms with Gasteiger partial charge in [-0.15, -0.1) is 0 Å². The Labute approximate surface area is 212 Å². The molecule has 180 valence electrons. The summed E-state index contributed by atoms with van der Waals surface area (Å²) in [5, 5.41) is 0.705. The first-order chi connectivity index (χ1) is 16.9. The van der Waals surface area contributed by atoms with Crippen molar-refractivity contribution in [1.29, 1.82) is 0 Å². The summed E-state index contributed by atoms with van der Waals surface area (Å²) in [5.41, 5.74) is 5.42. The highest BCUT2D eigenvalue weighted by Crippen LogP contribution is 2.34. The number of aromatic nitrogens is 1. The van der Waals surface area contributed by atoms with Crippen LogP contribution < -0.4 is 4.31 Å². The first kappa shape index (κ1) is 23.9. The van der Waals surface area contributed by atoms with Crippen LogP contribution in [0.4, 0.5) is 5.69 Å². The fraction of sp³-hybridized carbons (Fsp3) is 0.321. The predicted molar refractivity (Wildman–Crippen MR) is 142 cm³/mol. The average Bonchev–Trinajstić information content (AvgIpc) is 3.36. The van der Waals surface area contributed by atoms with E-state index < -0.39 is 10.0 Å². The zero-order chi connectivity index (χ0) is 24.4. The Hall–Kier alpha value is -2.85. The van der Waals surface area contributed by atoms with E-state index in [0.29, 0.717) is 10.7 Å². The van der Waals surface area contributed by atoms with Crippen LogP contribution in [0.3, 0.4) is 0 Å². The molecule has 3 heterocycles. The van der Waals surface area contributed by atoms with Crippen LogP contribution in [-0.2, 0) is 16.4 Å². The van der Waals surface area contributed by atoms with Crippen LogP contribution in [0.2, 0.25) is 5.02 Å². The molecule has 1 atom stereocenters.